The Morgan fingerprint density at radius 3 is 2.00 bits per heavy atom. The normalized spacial score (nSPS) is 27.9. The molecule has 0 aromatic heterocycles. The molecule has 1 heterocycles. The van der Waals surface area contributed by atoms with Crippen LogP contribution >= 0.6 is 0 Å². The summed E-state index contributed by atoms with van der Waals surface area (Å²) in [6.45, 7) is -0.821. The lowest BCUT2D eigenvalue weighted by atomic mass is 9.99. The van der Waals surface area contributed by atoms with E-state index in [4.69, 9.17) is 28.2 Å². The molecule has 1 aromatic rings. The molecule has 1 aromatic carbocycles. The Morgan fingerprint density at radius 2 is 1.54 bits per heavy atom. The molecule has 28 heavy (non-hydrogen) atoms. The summed E-state index contributed by atoms with van der Waals surface area (Å²) in [5.41, 5.74) is 0. The van der Waals surface area contributed by atoms with E-state index in [0.29, 0.717) is 0 Å². The molecule has 0 radical (unpaired) electrons. The zero-order valence-corrected chi connectivity index (χ0v) is 16.0. The van der Waals surface area contributed by atoms with Crippen molar-refractivity contribution < 1.29 is 56.2 Å². The fraction of sp³-hybridized carbons (Fsp3) is 0.600. The molecule has 1 aliphatic heterocycles. The Balaban J connectivity index is 2.23. The molecule has 5 atom stereocenters. The minimum Gasteiger partial charge on any atom is -0.493 e. The molecule has 4 N–H and O–H groups in total. The molecule has 0 spiro atoms. The summed E-state index contributed by atoms with van der Waals surface area (Å²) in [7, 11) is -0.624. The van der Waals surface area contributed by atoms with Crippen molar-refractivity contribution >= 4 is 10.4 Å². The maximum absolute atomic E-state index is 10.7. The molecule has 1 fully saturated rings. The van der Waals surface area contributed by atoms with Crippen LogP contribution in [-0.4, -0.2) is 86.9 Å². The van der Waals surface area contributed by atoms with E-state index in [0.717, 1.165) is 0 Å². The van der Waals surface area contributed by atoms with Crippen LogP contribution in [0.2, 0.25) is 0 Å². The summed E-state index contributed by atoms with van der Waals surface area (Å²) in [5, 5.41) is 30.0. The van der Waals surface area contributed by atoms with Crippen LogP contribution < -0.4 is 18.9 Å². The molecule has 1 aliphatic rings. The highest BCUT2D eigenvalue weighted by Gasteiger charge is 2.45. The van der Waals surface area contributed by atoms with E-state index in [1.54, 1.807) is 0 Å². The van der Waals surface area contributed by atoms with Crippen molar-refractivity contribution in [1.82, 2.24) is 0 Å². The zero-order valence-electron chi connectivity index (χ0n) is 15.2. The molecule has 5 unspecified atom stereocenters. The second-order valence-electron chi connectivity index (χ2n) is 5.71. The van der Waals surface area contributed by atoms with Gasteiger partial charge in [0.05, 0.1) is 27.9 Å². The Kier molecular flexibility index (Phi) is 7.28. The highest BCUT2D eigenvalue weighted by atomic mass is 32.3. The van der Waals surface area contributed by atoms with Gasteiger partial charge in [-0.2, -0.15) is 8.42 Å². The van der Waals surface area contributed by atoms with E-state index in [1.807, 2.05) is 0 Å². The monoisotopic (exact) mass is 426 g/mol. The second-order valence-corrected chi connectivity index (χ2v) is 6.80. The van der Waals surface area contributed by atoms with Crippen molar-refractivity contribution in [2.75, 3.05) is 27.9 Å². The molecule has 0 aliphatic carbocycles. The van der Waals surface area contributed by atoms with Crippen molar-refractivity contribution in [3.8, 4) is 23.0 Å². The Morgan fingerprint density at radius 1 is 0.964 bits per heavy atom. The van der Waals surface area contributed by atoms with E-state index in [-0.39, 0.29) is 23.0 Å². The number of rotatable bonds is 8. The van der Waals surface area contributed by atoms with Gasteiger partial charge >= 0.3 is 10.4 Å². The van der Waals surface area contributed by atoms with Crippen LogP contribution in [0.4, 0.5) is 0 Å². The van der Waals surface area contributed by atoms with Gasteiger partial charge in [-0.1, -0.05) is 0 Å². The van der Waals surface area contributed by atoms with Gasteiger partial charge < -0.3 is 39.0 Å². The van der Waals surface area contributed by atoms with E-state index >= 15 is 0 Å². The molecule has 160 valence electrons. The number of hydrogen-bond donors (Lipinski definition) is 4. The second kappa shape index (κ2) is 9.09. The molecular weight excluding hydrogens is 404 g/mol. The van der Waals surface area contributed by atoms with Crippen molar-refractivity contribution in [1.29, 1.82) is 0 Å². The van der Waals surface area contributed by atoms with Gasteiger partial charge in [-0.05, 0) is 0 Å². The minimum absolute atomic E-state index is 0.0941. The van der Waals surface area contributed by atoms with Crippen LogP contribution in [0, 0.1) is 0 Å². The average molecular weight is 426 g/mol. The van der Waals surface area contributed by atoms with E-state index in [1.165, 1.54) is 33.5 Å². The van der Waals surface area contributed by atoms with Crippen LogP contribution in [0.5, 0.6) is 23.0 Å². The van der Waals surface area contributed by atoms with Crippen LogP contribution in [0.1, 0.15) is 0 Å². The highest BCUT2D eigenvalue weighted by Crippen LogP contribution is 2.41. The Labute approximate surface area is 161 Å². The van der Waals surface area contributed by atoms with Gasteiger partial charge in [0.15, 0.2) is 11.5 Å². The van der Waals surface area contributed by atoms with Crippen molar-refractivity contribution in [2.45, 2.75) is 30.7 Å². The number of methoxy groups -OCH3 is 3. The van der Waals surface area contributed by atoms with E-state index in [9.17, 15) is 23.7 Å². The number of aliphatic hydroxyl groups excluding tert-OH is 3. The fourth-order valence-electron chi connectivity index (χ4n) is 2.56. The van der Waals surface area contributed by atoms with Crippen LogP contribution in [0.3, 0.4) is 0 Å². The lowest BCUT2D eigenvalue weighted by molar-refractivity contribution is -0.276. The highest BCUT2D eigenvalue weighted by molar-refractivity contribution is 7.80. The third-order valence-electron chi connectivity index (χ3n) is 3.94. The molecule has 0 bridgehead atoms. The molecule has 2 rings (SSSR count). The lowest BCUT2D eigenvalue weighted by Gasteiger charge is -2.39. The average Bonchev–Trinajstić information content (AvgIpc) is 2.65. The van der Waals surface area contributed by atoms with Crippen molar-refractivity contribution in [3.63, 3.8) is 0 Å². The quantitative estimate of drug-likeness (QED) is 0.364. The summed E-state index contributed by atoms with van der Waals surface area (Å²) < 4.78 is 60.6. The first kappa shape index (κ1) is 22.4. The number of benzene rings is 1. The van der Waals surface area contributed by atoms with Gasteiger partial charge in [0, 0.05) is 12.1 Å². The maximum atomic E-state index is 10.7. The largest absolute Gasteiger partial charge is 0.493 e. The van der Waals surface area contributed by atoms with E-state index < -0.39 is 47.7 Å². The fourth-order valence-corrected chi connectivity index (χ4v) is 2.87. The SMILES string of the molecule is COc1cc(OC2OC(COS(=O)(=O)O)C(O)C(O)C2O)cc(OC)c1OC. The number of ether oxygens (including phenoxy) is 5. The van der Waals surface area contributed by atoms with Crippen LogP contribution in [0.25, 0.3) is 0 Å². The third kappa shape index (κ3) is 5.14. The minimum atomic E-state index is -4.80. The first-order valence-corrected chi connectivity index (χ1v) is 9.26. The predicted molar refractivity (Wildman–Crippen MR) is 90.9 cm³/mol. The first-order chi connectivity index (χ1) is 13.1. The van der Waals surface area contributed by atoms with Gasteiger partial charge in [-0.25, -0.2) is 4.18 Å². The third-order valence-corrected chi connectivity index (χ3v) is 4.37. The zero-order chi connectivity index (χ0) is 21.1. The number of hydrogen-bond acceptors (Lipinski definition) is 11. The van der Waals surface area contributed by atoms with Crippen molar-refractivity contribution in [3.05, 3.63) is 12.1 Å². The van der Waals surface area contributed by atoms with Crippen LogP contribution in [0.15, 0.2) is 12.1 Å². The summed E-state index contributed by atoms with van der Waals surface area (Å²) in [5.74, 6) is 0.872. The standard InChI is InChI=1S/C15H22O12S/c1-22-8-4-7(5-9(23-2)14(8)24-3)26-15-13(18)12(17)11(16)10(27-15)6-25-28(19,20)21/h4-5,10-13,15-18H,6H2,1-3H3,(H,19,20,21). The van der Waals surface area contributed by atoms with E-state index in [2.05, 4.69) is 4.18 Å². The molecule has 0 saturated carbocycles. The van der Waals surface area contributed by atoms with Gasteiger partial charge in [-0.15, -0.1) is 0 Å². The molecular formula is C15H22O12S. The number of aliphatic hydroxyl groups is 3. The Bertz CT molecular complexity index is 741. The summed E-state index contributed by atoms with van der Waals surface area (Å²) in [6, 6.07) is 2.80. The summed E-state index contributed by atoms with van der Waals surface area (Å²) >= 11 is 0. The van der Waals surface area contributed by atoms with Crippen molar-refractivity contribution in [2.24, 2.45) is 0 Å². The van der Waals surface area contributed by atoms with Crippen LogP contribution in [-0.2, 0) is 19.3 Å². The predicted octanol–water partition coefficient (Wildman–Crippen LogP) is -1.28. The molecule has 13 heteroatoms. The topological polar surface area (TPSA) is 170 Å². The van der Waals surface area contributed by atoms with Gasteiger partial charge in [0.25, 0.3) is 0 Å². The lowest BCUT2D eigenvalue weighted by Crippen LogP contribution is -2.60. The summed E-state index contributed by atoms with van der Waals surface area (Å²) in [6.07, 6.45) is -8.06. The maximum Gasteiger partial charge on any atom is 0.397 e. The molecule has 0 amide bonds. The van der Waals surface area contributed by atoms with Gasteiger partial charge in [0.2, 0.25) is 12.0 Å². The smallest absolute Gasteiger partial charge is 0.397 e. The Hall–Kier alpha value is -1.87. The summed E-state index contributed by atoms with van der Waals surface area (Å²) in [4.78, 5) is 0. The molecule has 1 saturated heterocycles. The first-order valence-electron chi connectivity index (χ1n) is 7.89. The molecule has 12 nitrogen and oxygen atoms in total. The van der Waals surface area contributed by atoms with Gasteiger partial charge in [-0.3, -0.25) is 4.55 Å². The van der Waals surface area contributed by atoms with Gasteiger partial charge in [0.1, 0.15) is 30.2 Å².